The predicted octanol–water partition coefficient (Wildman–Crippen LogP) is 2.54. The monoisotopic (exact) mass is 270 g/mol. The van der Waals surface area contributed by atoms with E-state index >= 15 is 0 Å². The van der Waals surface area contributed by atoms with E-state index in [1.807, 2.05) is 44.2 Å². The summed E-state index contributed by atoms with van der Waals surface area (Å²) in [6.07, 6.45) is 1.56. The summed E-state index contributed by atoms with van der Waals surface area (Å²) in [5, 5.41) is 0. The lowest BCUT2D eigenvalue weighted by atomic mass is 9.68. The number of carbonyl (C=O) groups excluding carboxylic acids is 3. The number of ketones is 2. The molecule has 0 aliphatic heterocycles. The van der Waals surface area contributed by atoms with Gasteiger partial charge in [-0.2, -0.15) is 0 Å². The van der Waals surface area contributed by atoms with E-state index in [2.05, 4.69) is 0 Å². The van der Waals surface area contributed by atoms with Gasteiger partial charge in [0.15, 0.2) is 0 Å². The molecular formula is C17H18O3. The van der Waals surface area contributed by atoms with Crippen LogP contribution < -0.4 is 0 Å². The van der Waals surface area contributed by atoms with E-state index in [4.69, 9.17) is 0 Å². The van der Waals surface area contributed by atoms with Gasteiger partial charge in [0.05, 0.1) is 0 Å². The lowest BCUT2D eigenvalue weighted by Crippen LogP contribution is -2.41. The van der Waals surface area contributed by atoms with Gasteiger partial charge in [0, 0.05) is 24.7 Å². The summed E-state index contributed by atoms with van der Waals surface area (Å²) in [6.45, 7) is 3.87. The first-order valence-electron chi connectivity index (χ1n) is 7.00. The summed E-state index contributed by atoms with van der Waals surface area (Å²) < 4.78 is 0. The van der Waals surface area contributed by atoms with E-state index in [9.17, 15) is 14.4 Å². The van der Waals surface area contributed by atoms with Crippen LogP contribution in [0.3, 0.4) is 0 Å². The second-order valence-corrected chi connectivity index (χ2v) is 6.78. The lowest BCUT2D eigenvalue weighted by molar-refractivity contribution is -0.143. The number of rotatable bonds is 2. The summed E-state index contributed by atoms with van der Waals surface area (Å²) >= 11 is 0. The van der Waals surface area contributed by atoms with E-state index in [1.54, 1.807) is 0 Å². The third-order valence-electron chi connectivity index (χ3n) is 4.77. The molecule has 2 fully saturated rings. The van der Waals surface area contributed by atoms with Gasteiger partial charge < -0.3 is 4.79 Å². The van der Waals surface area contributed by atoms with Crippen molar-refractivity contribution < 1.29 is 14.4 Å². The van der Waals surface area contributed by atoms with Crippen molar-refractivity contribution in [1.82, 2.24) is 0 Å². The quantitative estimate of drug-likeness (QED) is 0.613. The third kappa shape index (κ3) is 1.62. The highest BCUT2D eigenvalue weighted by molar-refractivity contribution is 6.17. The zero-order valence-electron chi connectivity index (χ0n) is 11.8. The number of hydrogen-bond acceptors (Lipinski definition) is 3. The van der Waals surface area contributed by atoms with Gasteiger partial charge >= 0.3 is 0 Å². The SMILES string of the molecule is CC1(C)CC(=O)C2(C(=O)C1)[C@@H](C=O)[C@@H]2c1ccccc1. The van der Waals surface area contributed by atoms with Crippen LogP contribution in [0.2, 0.25) is 0 Å². The van der Waals surface area contributed by atoms with Crippen LogP contribution in [0.1, 0.15) is 38.2 Å². The Kier molecular flexibility index (Phi) is 2.72. The van der Waals surface area contributed by atoms with Gasteiger partial charge in [0.1, 0.15) is 23.3 Å². The highest BCUT2D eigenvalue weighted by Crippen LogP contribution is 2.68. The van der Waals surface area contributed by atoms with Crippen molar-refractivity contribution in [3.05, 3.63) is 35.9 Å². The van der Waals surface area contributed by atoms with E-state index < -0.39 is 11.3 Å². The largest absolute Gasteiger partial charge is 0.303 e. The zero-order valence-corrected chi connectivity index (χ0v) is 11.8. The van der Waals surface area contributed by atoms with Gasteiger partial charge in [-0.25, -0.2) is 0 Å². The van der Waals surface area contributed by atoms with Gasteiger partial charge in [-0.15, -0.1) is 0 Å². The molecule has 0 bridgehead atoms. The normalized spacial score (nSPS) is 30.3. The van der Waals surface area contributed by atoms with Crippen LogP contribution in [-0.2, 0) is 14.4 Å². The molecule has 0 radical (unpaired) electrons. The molecule has 0 heterocycles. The molecule has 0 aromatic heterocycles. The first kappa shape index (κ1) is 13.2. The predicted molar refractivity (Wildman–Crippen MR) is 74.2 cm³/mol. The highest BCUT2D eigenvalue weighted by atomic mass is 16.2. The smallest absolute Gasteiger partial charge is 0.148 e. The summed E-state index contributed by atoms with van der Waals surface area (Å²) in [6, 6.07) is 9.45. The Balaban J connectivity index is 2.02. The Hall–Kier alpha value is -1.77. The second kappa shape index (κ2) is 4.11. The lowest BCUT2D eigenvalue weighted by Gasteiger charge is -2.33. The molecule has 1 spiro atoms. The third-order valence-corrected chi connectivity index (χ3v) is 4.77. The minimum absolute atomic E-state index is 0.0512. The summed E-state index contributed by atoms with van der Waals surface area (Å²) in [7, 11) is 0. The molecule has 3 rings (SSSR count). The van der Waals surface area contributed by atoms with Crippen molar-refractivity contribution in [1.29, 1.82) is 0 Å². The van der Waals surface area contributed by atoms with Crippen molar-refractivity contribution in [2.24, 2.45) is 16.7 Å². The van der Waals surface area contributed by atoms with Gasteiger partial charge in [-0.05, 0) is 11.0 Å². The Morgan fingerprint density at radius 3 is 2.10 bits per heavy atom. The van der Waals surface area contributed by atoms with Crippen molar-refractivity contribution in [3.8, 4) is 0 Å². The molecule has 0 unspecified atom stereocenters. The molecule has 2 aliphatic carbocycles. The molecule has 2 aliphatic rings. The van der Waals surface area contributed by atoms with Gasteiger partial charge in [-0.3, -0.25) is 9.59 Å². The Bertz CT molecular complexity index is 566. The van der Waals surface area contributed by atoms with Crippen LogP contribution in [0.4, 0.5) is 0 Å². The Labute approximate surface area is 118 Å². The van der Waals surface area contributed by atoms with Gasteiger partial charge in [0.25, 0.3) is 0 Å². The minimum Gasteiger partial charge on any atom is -0.303 e. The van der Waals surface area contributed by atoms with E-state index in [0.29, 0.717) is 12.8 Å². The molecule has 0 N–H and O–H groups in total. The van der Waals surface area contributed by atoms with Gasteiger partial charge in [-0.1, -0.05) is 44.2 Å². The summed E-state index contributed by atoms with van der Waals surface area (Å²) in [5.74, 6) is -0.826. The van der Waals surface area contributed by atoms with Crippen LogP contribution in [-0.4, -0.2) is 17.9 Å². The van der Waals surface area contributed by atoms with E-state index in [0.717, 1.165) is 11.8 Å². The average Bonchev–Trinajstić information content (AvgIpc) is 3.07. The van der Waals surface area contributed by atoms with Crippen LogP contribution in [0, 0.1) is 16.7 Å². The standard InChI is InChI=1S/C17H18O3/c1-16(2)8-13(19)17(14(20)9-16)12(10-18)15(17)11-6-4-3-5-7-11/h3-7,10,12,15H,8-9H2,1-2H3/t12-,15-/m0/s1. The molecule has 0 amide bonds. The first-order chi connectivity index (χ1) is 9.43. The fourth-order valence-corrected chi connectivity index (χ4v) is 3.83. The molecule has 2 saturated carbocycles. The Morgan fingerprint density at radius 2 is 1.60 bits per heavy atom. The number of benzene rings is 1. The second-order valence-electron chi connectivity index (χ2n) is 6.78. The number of aldehydes is 1. The molecule has 2 atom stereocenters. The Morgan fingerprint density at radius 1 is 1.05 bits per heavy atom. The summed E-state index contributed by atoms with van der Waals surface area (Å²) in [5.41, 5.74) is -0.416. The fourth-order valence-electron chi connectivity index (χ4n) is 3.83. The molecular weight excluding hydrogens is 252 g/mol. The van der Waals surface area contributed by atoms with Crippen LogP contribution in [0.25, 0.3) is 0 Å². The maximum Gasteiger partial charge on any atom is 0.148 e. The average molecular weight is 270 g/mol. The molecule has 20 heavy (non-hydrogen) atoms. The first-order valence-corrected chi connectivity index (χ1v) is 7.00. The maximum atomic E-state index is 12.6. The van der Waals surface area contributed by atoms with E-state index in [-0.39, 0.29) is 22.9 Å². The van der Waals surface area contributed by atoms with Crippen LogP contribution in [0.5, 0.6) is 0 Å². The number of carbonyl (C=O) groups is 3. The number of Topliss-reactive ketones (excluding diaryl/α,β-unsaturated/α-hetero) is 2. The minimum atomic E-state index is -1.06. The topological polar surface area (TPSA) is 51.2 Å². The zero-order chi connectivity index (χ0) is 14.5. The van der Waals surface area contributed by atoms with Crippen molar-refractivity contribution >= 4 is 17.9 Å². The van der Waals surface area contributed by atoms with Crippen LogP contribution in [0.15, 0.2) is 30.3 Å². The molecule has 3 nitrogen and oxygen atoms in total. The van der Waals surface area contributed by atoms with Crippen molar-refractivity contribution in [3.63, 3.8) is 0 Å². The van der Waals surface area contributed by atoms with Gasteiger partial charge in [0.2, 0.25) is 0 Å². The molecule has 1 aromatic carbocycles. The maximum absolute atomic E-state index is 12.6. The number of hydrogen-bond donors (Lipinski definition) is 0. The van der Waals surface area contributed by atoms with Crippen molar-refractivity contribution in [2.45, 2.75) is 32.6 Å². The molecule has 0 saturated heterocycles. The molecule has 1 aromatic rings. The highest BCUT2D eigenvalue weighted by Gasteiger charge is 2.75. The van der Waals surface area contributed by atoms with Crippen LogP contribution >= 0.6 is 0 Å². The molecule has 104 valence electrons. The van der Waals surface area contributed by atoms with E-state index in [1.165, 1.54) is 0 Å². The molecule has 3 heteroatoms. The summed E-state index contributed by atoms with van der Waals surface area (Å²) in [4.78, 5) is 36.5. The van der Waals surface area contributed by atoms with Crippen molar-refractivity contribution in [2.75, 3.05) is 0 Å². The fraction of sp³-hybridized carbons (Fsp3) is 0.471.